The van der Waals surface area contributed by atoms with Crippen LogP contribution < -0.4 is 14.9 Å². The number of esters is 1. The van der Waals surface area contributed by atoms with Crippen LogP contribution in [-0.2, 0) is 9.59 Å². The largest absolute Gasteiger partial charge is 0.484 e. The van der Waals surface area contributed by atoms with Crippen LogP contribution in [0.5, 0.6) is 11.5 Å². The number of furan rings is 1. The monoisotopic (exact) mass is 438 g/mol. The van der Waals surface area contributed by atoms with Crippen molar-refractivity contribution in [1.82, 2.24) is 5.43 Å². The molecule has 8 heteroatoms. The van der Waals surface area contributed by atoms with Gasteiger partial charge in [-0.2, -0.15) is 5.10 Å². The van der Waals surface area contributed by atoms with Crippen LogP contribution in [0.4, 0.5) is 0 Å². The first kappa shape index (κ1) is 21.9. The third-order valence-corrected chi connectivity index (χ3v) is 4.33. The van der Waals surface area contributed by atoms with Gasteiger partial charge in [0.2, 0.25) is 0 Å². The minimum atomic E-state index is -0.548. The summed E-state index contributed by atoms with van der Waals surface area (Å²) in [5, 5.41) is 4.51. The molecule has 0 spiro atoms. The first-order valence-electron chi connectivity index (χ1n) is 9.24. The summed E-state index contributed by atoms with van der Waals surface area (Å²) in [6.07, 6.45) is 5.72. The predicted molar refractivity (Wildman–Crippen MR) is 117 cm³/mol. The van der Waals surface area contributed by atoms with Gasteiger partial charge in [0.15, 0.2) is 6.61 Å². The van der Waals surface area contributed by atoms with Crippen LogP contribution in [0, 0.1) is 6.92 Å². The van der Waals surface area contributed by atoms with E-state index in [-0.39, 0.29) is 6.61 Å². The Bertz CT molecular complexity index is 1110. The van der Waals surface area contributed by atoms with E-state index in [9.17, 15) is 9.59 Å². The molecule has 0 aliphatic carbocycles. The van der Waals surface area contributed by atoms with E-state index in [0.717, 1.165) is 5.56 Å². The summed E-state index contributed by atoms with van der Waals surface area (Å²) in [4.78, 5) is 23.8. The number of aryl methyl sites for hydroxylation is 1. The molecule has 0 radical (unpaired) electrons. The minimum absolute atomic E-state index is 0.196. The number of nitrogens with one attached hydrogen (secondary N) is 1. The Morgan fingerprint density at radius 2 is 2.00 bits per heavy atom. The van der Waals surface area contributed by atoms with E-state index in [1.807, 2.05) is 6.92 Å². The lowest BCUT2D eigenvalue weighted by Gasteiger charge is -2.06. The summed E-state index contributed by atoms with van der Waals surface area (Å²) < 4.78 is 15.8. The number of carbonyl (C=O) groups is 2. The van der Waals surface area contributed by atoms with Gasteiger partial charge in [0.05, 0.1) is 12.5 Å². The molecule has 1 N–H and O–H groups in total. The standard InChI is InChI=1S/C23H19ClN2O5/c1-16-12-19(7-9-21(16)24)30-15-22(27)26-25-14-17-4-2-5-20(13-17)31-23(28)10-8-18-6-3-11-29-18/h2-14H,15H2,1H3,(H,26,27). The highest BCUT2D eigenvalue weighted by molar-refractivity contribution is 6.31. The minimum Gasteiger partial charge on any atom is -0.484 e. The Balaban J connectivity index is 1.47. The maximum atomic E-state index is 11.9. The molecule has 0 fully saturated rings. The van der Waals surface area contributed by atoms with Gasteiger partial charge in [-0.25, -0.2) is 10.2 Å². The van der Waals surface area contributed by atoms with Crippen molar-refractivity contribution in [3.8, 4) is 11.5 Å². The highest BCUT2D eigenvalue weighted by Crippen LogP contribution is 2.20. The number of nitrogens with zero attached hydrogens (tertiary/aromatic N) is 1. The summed E-state index contributed by atoms with van der Waals surface area (Å²) in [6, 6.07) is 15.3. The quantitative estimate of drug-likeness (QED) is 0.185. The molecule has 158 valence electrons. The van der Waals surface area contributed by atoms with Gasteiger partial charge < -0.3 is 13.9 Å². The maximum Gasteiger partial charge on any atom is 0.336 e. The predicted octanol–water partition coefficient (Wildman–Crippen LogP) is 4.39. The summed E-state index contributed by atoms with van der Waals surface area (Å²) in [7, 11) is 0. The summed E-state index contributed by atoms with van der Waals surface area (Å²) in [6.45, 7) is 1.65. The summed E-state index contributed by atoms with van der Waals surface area (Å²) in [5.41, 5.74) is 3.86. The number of hydrogen-bond donors (Lipinski definition) is 1. The van der Waals surface area contributed by atoms with Crippen LogP contribution in [0.2, 0.25) is 5.02 Å². The van der Waals surface area contributed by atoms with Crippen molar-refractivity contribution in [1.29, 1.82) is 0 Å². The molecule has 31 heavy (non-hydrogen) atoms. The van der Waals surface area contributed by atoms with Gasteiger partial charge >= 0.3 is 5.97 Å². The van der Waals surface area contributed by atoms with Gasteiger partial charge in [-0.15, -0.1) is 0 Å². The Kier molecular flexibility index (Phi) is 7.61. The molecule has 0 saturated carbocycles. The first-order valence-corrected chi connectivity index (χ1v) is 9.62. The maximum absolute atomic E-state index is 11.9. The fourth-order valence-electron chi connectivity index (χ4n) is 2.41. The number of amides is 1. The van der Waals surface area contributed by atoms with Crippen molar-refractivity contribution >= 4 is 35.8 Å². The zero-order valence-electron chi connectivity index (χ0n) is 16.6. The lowest BCUT2D eigenvalue weighted by molar-refractivity contribution is -0.129. The Hall–Kier alpha value is -3.84. The van der Waals surface area contributed by atoms with Crippen molar-refractivity contribution in [2.45, 2.75) is 6.92 Å². The molecule has 0 bridgehead atoms. The first-order chi connectivity index (χ1) is 15.0. The SMILES string of the molecule is Cc1cc(OCC(=O)NN=Cc2cccc(OC(=O)C=Cc3ccco3)c2)ccc1Cl. The number of hydrogen-bond acceptors (Lipinski definition) is 6. The topological polar surface area (TPSA) is 90.1 Å². The second-order valence-corrected chi connectivity index (χ2v) is 6.74. The second kappa shape index (κ2) is 10.8. The van der Waals surface area contributed by atoms with E-state index in [1.165, 1.54) is 24.6 Å². The Morgan fingerprint density at radius 1 is 1.13 bits per heavy atom. The van der Waals surface area contributed by atoms with Crippen molar-refractivity contribution in [2.75, 3.05) is 6.61 Å². The number of benzene rings is 2. The number of ether oxygens (including phenoxy) is 2. The zero-order chi connectivity index (χ0) is 22.1. The van der Waals surface area contributed by atoms with Gasteiger partial charge in [-0.1, -0.05) is 23.7 Å². The molecule has 7 nitrogen and oxygen atoms in total. The molecular formula is C23H19ClN2O5. The van der Waals surface area contributed by atoms with Crippen molar-refractivity contribution < 1.29 is 23.5 Å². The second-order valence-electron chi connectivity index (χ2n) is 6.34. The van der Waals surface area contributed by atoms with Crippen LogP contribution in [0.3, 0.4) is 0 Å². The molecule has 0 atom stereocenters. The molecule has 0 unspecified atom stereocenters. The van der Waals surface area contributed by atoms with Crippen LogP contribution in [0.25, 0.3) is 6.08 Å². The van der Waals surface area contributed by atoms with Crippen LogP contribution in [0.1, 0.15) is 16.9 Å². The number of halogens is 1. The number of hydrazone groups is 1. The van der Waals surface area contributed by atoms with E-state index in [4.69, 9.17) is 25.5 Å². The molecule has 0 aliphatic heterocycles. The molecule has 0 saturated heterocycles. The molecule has 1 amide bonds. The Labute approximate surface area is 183 Å². The highest BCUT2D eigenvalue weighted by atomic mass is 35.5. The van der Waals surface area contributed by atoms with Crippen molar-refractivity contribution in [3.63, 3.8) is 0 Å². The fraction of sp³-hybridized carbons (Fsp3) is 0.0870. The van der Waals surface area contributed by atoms with Crippen molar-refractivity contribution in [2.24, 2.45) is 5.10 Å². The molecule has 1 aromatic heterocycles. The van der Waals surface area contributed by atoms with E-state index in [0.29, 0.717) is 27.8 Å². The fourth-order valence-corrected chi connectivity index (χ4v) is 2.53. The van der Waals surface area contributed by atoms with Gasteiger partial charge in [-0.05, 0) is 66.6 Å². The molecule has 1 heterocycles. The van der Waals surface area contributed by atoms with Crippen LogP contribution >= 0.6 is 11.6 Å². The summed E-state index contributed by atoms with van der Waals surface area (Å²) >= 11 is 5.96. The third kappa shape index (κ3) is 7.17. The molecule has 2 aromatic carbocycles. The number of carbonyl (C=O) groups excluding carboxylic acids is 2. The van der Waals surface area contributed by atoms with Gasteiger partial charge in [-0.3, -0.25) is 4.79 Å². The van der Waals surface area contributed by atoms with Crippen LogP contribution in [0.15, 0.2) is 76.5 Å². The normalized spacial score (nSPS) is 11.0. The molecule has 0 aliphatic rings. The third-order valence-electron chi connectivity index (χ3n) is 3.91. The van der Waals surface area contributed by atoms with E-state index < -0.39 is 11.9 Å². The van der Waals surface area contributed by atoms with E-state index in [2.05, 4.69) is 10.5 Å². The van der Waals surface area contributed by atoms with Crippen molar-refractivity contribution in [3.05, 3.63) is 88.8 Å². The lowest BCUT2D eigenvalue weighted by atomic mass is 10.2. The van der Waals surface area contributed by atoms with Gasteiger partial charge in [0.1, 0.15) is 17.3 Å². The molecule has 3 rings (SSSR count). The summed E-state index contributed by atoms with van der Waals surface area (Å²) in [5.74, 6) is 0.453. The van der Waals surface area contributed by atoms with Gasteiger partial charge in [0, 0.05) is 11.1 Å². The van der Waals surface area contributed by atoms with E-state index >= 15 is 0 Å². The Morgan fingerprint density at radius 3 is 2.77 bits per heavy atom. The zero-order valence-corrected chi connectivity index (χ0v) is 17.3. The smallest absolute Gasteiger partial charge is 0.336 e. The molecular weight excluding hydrogens is 420 g/mol. The number of rotatable bonds is 8. The molecule has 3 aromatic rings. The van der Waals surface area contributed by atoms with Gasteiger partial charge in [0.25, 0.3) is 5.91 Å². The highest BCUT2D eigenvalue weighted by Gasteiger charge is 2.04. The average Bonchev–Trinajstić information content (AvgIpc) is 3.27. The average molecular weight is 439 g/mol. The lowest BCUT2D eigenvalue weighted by Crippen LogP contribution is -2.24. The van der Waals surface area contributed by atoms with E-state index in [1.54, 1.807) is 54.6 Å². The van der Waals surface area contributed by atoms with Crippen LogP contribution in [-0.4, -0.2) is 24.7 Å².